The zero-order chi connectivity index (χ0) is 15.6. The molecule has 1 fully saturated rings. The van der Waals surface area contributed by atoms with Gasteiger partial charge < -0.3 is 5.32 Å². The van der Waals surface area contributed by atoms with E-state index in [0.29, 0.717) is 11.7 Å². The Kier molecular flexibility index (Phi) is 5.39. The molecule has 1 aliphatic carbocycles. The van der Waals surface area contributed by atoms with Crippen LogP contribution in [-0.2, 0) is 9.59 Å². The van der Waals surface area contributed by atoms with Crippen LogP contribution in [0.4, 0.5) is 0 Å². The smallest absolute Gasteiger partial charge is 0.225 e. The first kappa shape index (κ1) is 17.2. The van der Waals surface area contributed by atoms with Gasteiger partial charge >= 0.3 is 0 Å². The summed E-state index contributed by atoms with van der Waals surface area (Å²) in [6.45, 7) is 12.6. The Morgan fingerprint density at radius 3 is 1.80 bits per heavy atom. The molecule has 1 aliphatic rings. The molecule has 0 spiro atoms. The molecule has 0 unspecified atom stereocenters. The summed E-state index contributed by atoms with van der Waals surface area (Å²) in [5, 5.41) is 3.04. The quantitative estimate of drug-likeness (QED) is 0.859. The molecule has 0 aromatic carbocycles. The summed E-state index contributed by atoms with van der Waals surface area (Å²) in [7, 11) is 0. The van der Waals surface area contributed by atoms with Crippen LogP contribution in [0, 0.1) is 22.7 Å². The first-order chi connectivity index (χ1) is 9.01. The van der Waals surface area contributed by atoms with Crippen molar-refractivity contribution in [3.8, 4) is 0 Å². The van der Waals surface area contributed by atoms with Gasteiger partial charge in [0.05, 0.1) is 0 Å². The molecule has 3 heteroatoms. The fourth-order valence-electron chi connectivity index (χ4n) is 2.74. The van der Waals surface area contributed by atoms with Gasteiger partial charge in [-0.2, -0.15) is 0 Å². The number of carbonyl (C=O) groups excluding carboxylic acids is 2. The fourth-order valence-corrected chi connectivity index (χ4v) is 2.74. The third kappa shape index (κ3) is 4.92. The van der Waals surface area contributed by atoms with Crippen molar-refractivity contribution in [2.75, 3.05) is 6.54 Å². The lowest BCUT2D eigenvalue weighted by atomic mass is 9.73. The predicted octanol–water partition coefficient (Wildman–Crippen LogP) is 3.57. The van der Waals surface area contributed by atoms with E-state index in [2.05, 4.69) is 5.32 Å². The molecule has 0 heterocycles. The molecule has 1 N–H and O–H groups in total. The second kappa shape index (κ2) is 6.28. The number of hydrogen-bond donors (Lipinski definition) is 1. The molecule has 3 nitrogen and oxygen atoms in total. The van der Waals surface area contributed by atoms with Crippen LogP contribution in [0.2, 0.25) is 0 Å². The zero-order valence-electron chi connectivity index (χ0n) is 14.0. The number of hydrogen-bond acceptors (Lipinski definition) is 2. The summed E-state index contributed by atoms with van der Waals surface area (Å²) in [5.74, 6) is 1.27. The molecule has 0 aliphatic heterocycles. The largest absolute Gasteiger partial charge is 0.355 e. The maximum atomic E-state index is 12.3. The number of carbonyl (C=O) groups is 2. The number of ketones is 1. The van der Waals surface area contributed by atoms with Crippen molar-refractivity contribution in [2.45, 2.75) is 67.2 Å². The van der Waals surface area contributed by atoms with Gasteiger partial charge in [-0.25, -0.2) is 0 Å². The molecule has 20 heavy (non-hydrogen) atoms. The maximum Gasteiger partial charge on any atom is 0.225 e. The van der Waals surface area contributed by atoms with Gasteiger partial charge in [0.25, 0.3) is 0 Å². The summed E-state index contributed by atoms with van der Waals surface area (Å²) in [4.78, 5) is 24.1. The van der Waals surface area contributed by atoms with E-state index in [1.807, 2.05) is 41.5 Å². The average molecular weight is 281 g/mol. The fraction of sp³-hybridized carbons (Fsp3) is 0.882. The molecular formula is C17H31NO2. The molecule has 0 saturated heterocycles. The van der Waals surface area contributed by atoms with Crippen molar-refractivity contribution in [1.82, 2.24) is 5.32 Å². The Labute approximate surface area is 123 Å². The van der Waals surface area contributed by atoms with Crippen LogP contribution in [0.25, 0.3) is 0 Å². The van der Waals surface area contributed by atoms with E-state index in [1.165, 1.54) is 0 Å². The Morgan fingerprint density at radius 1 is 0.900 bits per heavy atom. The van der Waals surface area contributed by atoms with Gasteiger partial charge in [0.2, 0.25) is 5.91 Å². The van der Waals surface area contributed by atoms with Crippen LogP contribution < -0.4 is 5.32 Å². The lowest BCUT2D eigenvalue weighted by Gasteiger charge is -2.32. The summed E-state index contributed by atoms with van der Waals surface area (Å²) in [6.07, 6.45) is 4.06. The molecule has 1 amide bonds. The minimum Gasteiger partial charge on any atom is -0.355 e. The van der Waals surface area contributed by atoms with Crippen molar-refractivity contribution >= 4 is 11.7 Å². The highest BCUT2D eigenvalue weighted by Gasteiger charge is 2.33. The van der Waals surface area contributed by atoms with Crippen LogP contribution in [0.5, 0.6) is 0 Å². The average Bonchev–Trinajstić information content (AvgIpc) is 2.33. The molecule has 0 aromatic rings. The van der Waals surface area contributed by atoms with Crippen molar-refractivity contribution in [2.24, 2.45) is 22.7 Å². The van der Waals surface area contributed by atoms with Gasteiger partial charge in [-0.1, -0.05) is 41.5 Å². The molecule has 0 radical (unpaired) electrons. The van der Waals surface area contributed by atoms with E-state index in [9.17, 15) is 9.59 Å². The third-order valence-corrected chi connectivity index (χ3v) is 4.19. The first-order valence-electron chi connectivity index (χ1n) is 7.84. The van der Waals surface area contributed by atoms with Gasteiger partial charge in [-0.15, -0.1) is 0 Å². The Balaban J connectivity index is 2.37. The van der Waals surface area contributed by atoms with Crippen LogP contribution in [0.3, 0.4) is 0 Å². The highest BCUT2D eigenvalue weighted by molar-refractivity contribution is 5.86. The van der Waals surface area contributed by atoms with Gasteiger partial charge in [-0.3, -0.25) is 9.59 Å². The van der Waals surface area contributed by atoms with E-state index in [1.54, 1.807) is 0 Å². The summed E-state index contributed by atoms with van der Waals surface area (Å²) in [6, 6.07) is 0. The number of rotatable bonds is 3. The number of amides is 1. The van der Waals surface area contributed by atoms with Gasteiger partial charge in [0.15, 0.2) is 0 Å². The van der Waals surface area contributed by atoms with Crippen LogP contribution in [-0.4, -0.2) is 18.2 Å². The summed E-state index contributed by atoms with van der Waals surface area (Å²) >= 11 is 0. The highest BCUT2D eigenvalue weighted by atomic mass is 16.2. The molecule has 1 saturated carbocycles. The topological polar surface area (TPSA) is 46.2 Å². The molecule has 1 rings (SSSR count). The van der Waals surface area contributed by atoms with Gasteiger partial charge in [-0.05, 0) is 31.6 Å². The predicted molar refractivity (Wildman–Crippen MR) is 82.4 cm³/mol. The second-order valence-corrected chi connectivity index (χ2v) is 8.29. The van der Waals surface area contributed by atoms with Crippen LogP contribution in [0.15, 0.2) is 0 Å². The van der Waals surface area contributed by atoms with Crippen LogP contribution in [0.1, 0.15) is 67.2 Å². The standard InChI is InChI=1S/C17H31NO2/c1-16(2,3)14(19)13-9-7-12(8-10-13)11-18-15(20)17(4,5)6/h12-13H,7-11H2,1-6H3,(H,18,20)/t12-,13-. The van der Waals surface area contributed by atoms with Crippen molar-refractivity contribution in [1.29, 1.82) is 0 Å². The number of Topliss-reactive ketones (excluding diaryl/α,β-unsaturated/α-hetero) is 1. The molecule has 0 aromatic heterocycles. The lowest BCUT2D eigenvalue weighted by Crippen LogP contribution is -2.39. The van der Waals surface area contributed by atoms with Crippen LogP contribution >= 0.6 is 0 Å². The lowest BCUT2D eigenvalue weighted by molar-refractivity contribution is -0.132. The minimum absolute atomic E-state index is 0.116. The summed E-state index contributed by atoms with van der Waals surface area (Å²) < 4.78 is 0. The maximum absolute atomic E-state index is 12.3. The Bertz CT molecular complexity index is 352. The van der Waals surface area contributed by atoms with Crippen molar-refractivity contribution in [3.05, 3.63) is 0 Å². The first-order valence-corrected chi connectivity index (χ1v) is 7.84. The monoisotopic (exact) mass is 281 g/mol. The highest BCUT2D eigenvalue weighted by Crippen LogP contribution is 2.33. The SMILES string of the molecule is CC(C)(C)C(=O)NC[C@H]1CC[C@H](C(=O)C(C)(C)C)CC1. The van der Waals surface area contributed by atoms with Gasteiger partial charge in [0.1, 0.15) is 5.78 Å². The number of nitrogens with one attached hydrogen (secondary N) is 1. The van der Waals surface area contributed by atoms with E-state index < -0.39 is 0 Å². The summed E-state index contributed by atoms with van der Waals surface area (Å²) in [5.41, 5.74) is -0.544. The van der Waals surface area contributed by atoms with E-state index in [-0.39, 0.29) is 22.7 Å². The zero-order valence-corrected chi connectivity index (χ0v) is 14.0. The molecule has 0 bridgehead atoms. The molecule has 0 atom stereocenters. The Morgan fingerprint density at radius 2 is 1.40 bits per heavy atom. The van der Waals surface area contributed by atoms with Crippen molar-refractivity contribution < 1.29 is 9.59 Å². The van der Waals surface area contributed by atoms with E-state index >= 15 is 0 Å². The normalized spacial score (nSPS) is 24.3. The van der Waals surface area contributed by atoms with E-state index in [0.717, 1.165) is 32.2 Å². The Hall–Kier alpha value is -0.860. The molecular weight excluding hydrogens is 250 g/mol. The van der Waals surface area contributed by atoms with Gasteiger partial charge in [0, 0.05) is 23.3 Å². The van der Waals surface area contributed by atoms with E-state index in [4.69, 9.17) is 0 Å². The molecule has 116 valence electrons. The third-order valence-electron chi connectivity index (χ3n) is 4.19. The van der Waals surface area contributed by atoms with Crippen molar-refractivity contribution in [3.63, 3.8) is 0 Å². The second-order valence-electron chi connectivity index (χ2n) is 8.29. The minimum atomic E-state index is -0.320.